The number of hydrogen-bond donors (Lipinski definition) is 2. The van der Waals surface area contributed by atoms with Crippen LogP contribution in [-0.4, -0.2) is 222 Å². The summed E-state index contributed by atoms with van der Waals surface area (Å²) in [5, 5.41) is 24.1. The summed E-state index contributed by atoms with van der Waals surface area (Å²) in [6, 6.07) is 40.4. The second kappa shape index (κ2) is 46.7. The topological polar surface area (TPSA) is 338 Å². The maximum atomic E-state index is 14.5. The molecule has 0 aliphatic rings. The van der Waals surface area contributed by atoms with E-state index in [2.05, 4.69) is 41.1 Å². The molecule has 0 aliphatic carbocycles. The Bertz CT molecular complexity index is 5160. The molecular formula is C91H113N13O18. The molecule has 6 aromatic carbocycles. The summed E-state index contributed by atoms with van der Waals surface area (Å²) in [5.41, 5.74) is 6.64. The van der Waals surface area contributed by atoms with Gasteiger partial charge in [-0.25, -0.2) is 33.3 Å². The number of rotatable bonds is 49. The number of carbonyl (C=O) groups excluding carboxylic acids is 6. The highest BCUT2D eigenvalue weighted by molar-refractivity contribution is 5.96. The monoisotopic (exact) mass is 1680 g/mol. The Labute approximate surface area is 710 Å². The molecule has 122 heavy (non-hydrogen) atoms. The molecule has 31 nitrogen and oxygen atoms in total. The third-order valence-electron chi connectivity index (χ3n) is 20.4. The zero-order valence-corrected chi connectivity index (χ0v) is 71.6. The molecule has 0 radical (unpaired) electrons. The summed E-state index contributed by atoms with van der Waals surface area (Å²) >= 11 is 0. The number of benzene rings is 6. The van der Waals surface area contributed by atoms with Crippen molar-refractivity contribution < 1.29 is 75.5 Å². The number of hydrogen-bond acceptors (Lipinski definition) is 26. The van der Waals surface area contributed by atoms with Crippen molar-refractivity contribution in [2.45, 2.75) is 118 Å². The third kappa shape index (κ3) is 26.5. The van der Waals surface area contributed by atoms with Crippen LogP contribution >= 0.6 is 0 Å². The molecule has 4 atom stereocenters. The van der Waals surface area contributed by atoms with Gasteiger partial charge in [0.15, 0.2) is 0 Å². The standard InChI is InChI=1S/C91H113N13O18/c1-12-18-20-75(63-21-23-66(24-22-63)88(109)117-46-43-98(8)9)90(111)121-82(78-54-84(105)119-80-52-73(37-39-76(78)80)100(14-3)15-4)56-92-86(107)64-25-33-71(34-26-64)103-58-68(94-96-103)41-45-113-48-49-114-60-62(7)116-51-50-115-61-69-59-104(97-95-69)72-35-27-65(28-36-72)87(108)93-57-83(79-55-85(106)120-81-53-74(38-40-77(79)81)101(16-5)17-6)122-91(112)102(42-19-13-2)70-31-29-67(30-32-70)89(110)118-47-44-99(10)11/h21-40,52-55,58-59,62,75,82-83H,12-20,41-51,56-57,60-61H2,1-11H3,(H,92,107)(H,93,108). The lowest BCUT2D eigenvalue weighted by Gasteiger charge is -2.27. The Morgan fingerprint density at radius 1 is 0.484 bits per heavy atom. The van der Waals surface area contributed by atoms with Gasteiger partial charge < -0.3 is 77.0 Å². The van der Waals surface area contributed by atoms with Crippen molar-refractivity contribution in [2.24, 2.45) is 0 Å². The zero-order valence-electron chi connectivity index (χ0n) is 71.6. The van der Waals surface area contributed by atoms with E-state index >= 15 is 0 Å². The van der Waals surface area contributed by atoms with Crippen LogP contribution in [-0.2, 0) is 55.7 Å². The first-order valence-corrected chi connectivity index (χ1v) is 41.7. The quantitative estimate of drug-likeness (QED) is 0.0155. The fourth-order valence-electron chi connectivity index (χ4n) is 13.5. The minimum atomic E-state index is -1.16. The van der Waals surface area contributed by atoms with Gasteiger partial charge in [-0.05, 0) is 190 Å². The molecule has 4 heterocycles. The molecule has 0 spiro atoms. The number of unbranched alkanes of at least 4 members (excludes halogenated alkanes) is 2. The number of esters is 3. The molecule has 4 aromatic heterocycles. The van der Waals surface area contributed by atoms with Crippen LogP contribution in [0.4, 0.5) is 21.9 Å². The van der Waals surface area contributed by atoms with E-state index in [9.17, 15) is 38.4 Å². The van der Waals surface area contributed by atoms with Gasteiger partial charge in [-0.1, -0.05) is 55.7 Å². The number of nitrogens with one attached hydrogen (secondary N) is 2. The average molecular weight is 1680 g/mol. The number of nitrogens with zero attached hydrogens (tertiary/aromatic N) is 11. The van der Waals surface area contributed by atoms with Gasteiger partial charge in [-0.15, -0.1) is 10.2 Å². The van der Waals surface area contributed by atoms with Crippen molar-refractivity contribution >= 4 is 74.8 Å². The lowest BCUT2D eigenvalue weighted by molar-refractivity contribution is -0.151. The van der Waals surface area contributed by atoms with E-state index < -0.39 is 65.2 Å². The van der Waals surface area contributed by atoms with Crippen molar-refractivity contribution in [1.82, 2.24) is 50.4 Å². The van der Waals surface area contributed by atoms with E-state index in [0.29, 0.717) is 174 Å². The average Bonchev–Trinajstić information content (AvgIpc) is 0.944. The van der Waals surface area contributed by atoms with Gasteiger partial charge in [-0.2, -0.15) is 0 Å². The van der Waals surface area contributed by atoms with Gasteiger partial charge in [0.1, 0.15) is 42.3 Å². The van der Waals surface area contributed by atoms with E-state index in [1.54, 1.807) is 131 Å². The van der Waals surface area contributed by atoms with Crippen LogP contribution in [0.3, 0.4) is 0 Å². The third-order valence-corrected chi connectivity index (χ3v) is 20.4. The normalized spacial score (nSPS) is 12.4. The SMILES string of the molecule is CCCCC(C(=O)OC(CNC(=O)c1ccc(-n2cc(CCOCCOCC(C)OCCOCc3cn(-c4ccc(C(=O)NCC(OC(=O)N(CCCC)c5ccc(C(=O)OCCN(C)C)cc5)c5cc(=O)oc6cc(N(CC)CC)ccc56)cc4)nn3)nn2)cc1)c1cc(=O)oc2cc(N(CC)CC)ccc12)c1ccc(C(=O)OCCN(C)C)cc1. The Kier molecular flexibility index (Phi) is 35.3. The van der Waals surface area contributed by atoms with Gasteiger partial charge in [0.2, 0.25) is 0 Å². The van der Waals surface area contributed by atoms with Crippen molar-refractivity contribution in [3.05, 3.63) is 229 Å². The molecular weight excluding hydrogens is 1560 g/mol. The molecule has 0 aliphatic heterocycles. The van der Waals surface area contributed by atoms with E-state index in [-0.39, 0.29) is 52.2 Å². The van der Waals surface area contributed by atoms with Crippen LogP contribution in [0, 0.1) is 0 Å². The smallest absolute Gasteiger partial charge is 0.414 e. The van der Waals surface area contributed by atoms with Crippen LogP contribution in [0.25, 0.3) is 33.3 Å². The molecule has 3 amide bonds. The van der Waals surface area contributed by atoms with Crippen LogP contribution in [0.2, 0.25) is 0 Å². The first-order chi connectivity index (χ1) is 59.1. The summed E-state index contributed by atoms with van der Waals surface area (Å²) in [5.74, 6) is -3.18. The second-order valence-electron chi connectivity index (χ2n) is 29.8. The first-order valence-electron chi connectivity index (χ1n) is 41.7. The fraction of sp³-hybridized carbons (Fsp3) is 0.429. The number of amides is 3. The fourth-order valence-corrected chi connectivity index (χ4v) is 13.5. The highest BCUT2D eigenvalue weighted by Gasteiger charge is 2.31. The Hall–Kier alpha value is -12.0. The van der Waals surface area contributed by atoms with Crippen molar-refractivity contribution in [1.29, 1.82) is 0 Å². The Balaban J connectivity index is 0.651. The second-order valence-corrected chi connectivity index (χ2v) is 29.8. The summed E-state index contributed by atoms with van der Waals surface area (Å²) in [7, 11) is 7.55. The highest BCUT2D eigenvalue weighted by Crippen LogP contribution is 2.34. The van der Waals surface area contributed by atoms with Crippen LogP contribution < -0.4 is 36.6 Å². The predicted molar refractivity (Wildman–Crippen MR) is 463 cm³/mol. The highest BCUT2D eigenvalue weighted by atomic mass is 16.6. The lowest BCUT2D eigenvalue weighted by atomic mass is 9.92. The first kappa shape index (κ1) is 92.3. The number of ether oxygens (including phenoxy) is 8. The number of fused-ring (bicyclic) bond motifs is 2. The van der Waals surface area contributed by atoms with E-state index in [4.69, 9.17) is 46.7 Å². The zero-order chi connectivity index (χ0) is 87.0. The summed E-state index contributed by atoms with van der Waals surface area (Å²) in [6.07, 6.45) is 4.09. The van der Waals surface area contributed by atoms with Crippen LogP contribution in [0.5, 0.6) is 0 Å². The number of aromatic nitrogens is 6. The van der Waals surface area contributed by atoms with Gasteiger partial charge in [0.05, 0.1) is 112 Å². The predicted octanol–water partition coefficient (Wildman–Crippen LogP) is 12.3. The summed E-state index contributed by atoms with van der Waals surface area (Å²) < 4.78 is 61.7. The van der Waals surface area contributed by atoms with Crippen LogP contribution in [0.15, 0.2) is 176 Å². The maximum absolute atomic E-state index is 14.5. The van der Waals surface area contributed by atoms with E-state index in [1.807, 2.05) is 111 Å². The molecule has 0 saturated carbocycles. The number of carbonyl (C=O) groups is 6. The number of anilines is 3. The lowest BCUT2D eigenvalue weighted by Crippen LogP contribution is -2.37. The van der Waals surface area contributed by atoms with Crippen molar-refractivity contribution in [3.8, 4) is 11.4 Å². The molecule has 31 heteroatoms. The molecule has 4 unspecified atom stereocenters. The molecule has 10 aromatic rings. The molecule has 0 fully saturated rings. The van der Waals surface area contributed by atoms with E-state index in [1.165, 1.54) is 17.0 Å². The molecule has 2 N–H and O–H groups in total. The Morgan fingerprint density at radius 2 is 0.951 bits per heavy atom. The molecule has 650 valence electrons. The van der Waals surface area contributed by atoms with Crippen molar-refractivity contribution in [3.63, 3.8) is 0 Å². The number of likely N-dealkylation sites (N-methyl/N-ethyl adjacent to an activating group) is 2. The maximum Gasteiger partial charge on any atom is 0.414 e. The molecule has 0 bridgehead atoms. The molecule has 10 rings (SSSR count). The van der Waals surface area contributed by atoms with Gasteiger partial charge in [0, 0.05) is 127 Å². The van der Waals surface area contributed by atoms with Crippen molar-refractivity contribution in [2.75, 3.05) is 155 Å². The minimum absolute atomic E-state index is 0.165. The van der Waals surface area contributed by atoms with Crippen LogP contribution in [0.1, 0.15) is 168 Å². The molecule has 0 saturated heterocycles. The van der Waals surface area contributed by atoms with Gasteiger partial charge >= 0.3 is 35.3 Å². The Morgan fingerprint density at radius 3 is 1.46 bits per heavy atom. The minimum Gasteiger partial charge on any atom is -0.461 e. The van der Waals surface area contributed by atoms with Gasteiger partial charge in [-0.3, -0.25) is 19.3 Å². The van der Waals surface area contributed by atoms with E-state index in [0.717, 1.165) is 37.3 Å². The summed E-state index contributed by atoms with van der Waals surface area (Å²) in [6.45, 7) is 20.5. The summed E-state index contributed by atoms with van der Waals surface area (Å²) in [4.78, 5) is 119. The largest absolute Gasteiger partial charge is 0.461 e. The van der Waals surface area contributed by atoms with Gasteiger partial charge in [0.25, 0.3) is 11.8 Å².